The lowest BCUT2D eigenvalue weighted by Gasteiger charge is -2.30. The van der Waals surface area contributed by atoms with E-state index in [1.165, 1.54) is 7.11 Å². The number of methoxy groups -OCH3 is 1. The van der Waals surface area contributed by atoms with E-state index < -0.39 is 5.97 Å². The number of benzene rings is 1. The maximum Gasteiger partial charge on any atom is 0.308 e. The Bertz CT molecular complexity index is 714. The van der Waals surface area contributed by atoms with Gasteiger partial charge >= 0.3 is 11.9 Å². The number of nitrogens with zero attached hydrogens (tertiary/aromatic N) is 1. The fourth-order valence-electron chi connectivity index (χ4n) is 2.82. The monoisotopic (exact) mass is 410 g/mol. The highest BCUT2D eigenvalue weighted by atomic mass is 35.5. The molecule has 9 heteroatoms. The third-order valence-electron chi connectivity index (χ3n) is 4.46. The van der Waals surface area contributed by atoms with Crippen LogP contribution in [0, 0.1) is 5.92 Å². The minimum absolute atomic E-state index is 0.0446. The van der Waals surface area contributed by atoms with Gasteiger partial charge in [-0.05, 0) is 37.1 Å². The molecule has 0 spiro atoms. The SMILES string of the molecule is COC(=O)C1CCN(C(=O)COC(=O)CCNC(=O)c2ccc(Cl)cc2)CC1. The largest absolute Gasteiger partial charge is 0.469 e. The second kappa shape index (κ2) is 10.7. The van der Waals surface area contributed by atoms with Crippen LogP contribution in [0.1, 0.15) is 29.6 Å². The summed E-state index contributed by atoms with van der Waals surface area (Å²) in [5, 5.41) is 3.13. The van der Waals surface area contributed by atoms with Gasteiger partial charge in [-0.1, -0.05) is 11.6 Å². The van der Waals surface area contributed by atoms with Gasteiger partial charge in [-0.25, -0.2) is 0 Å². The van der Waals surface area contributed by atoms with Crippen molar-refractivity contribution in [1.82, 2.24) is 10.2 Å². The number of piperidine rings is 1. The van der Waals surface area contributed by atoms with E-state index in [1.54, 1.807) is 29.2 Å². The first-order valence-electron chi connectivity index (χ1n) is 8.95. The molecule has 0 unspecified atom stereocenters. The molecule has 1 aromatic carbocycles. The van der Waals surface area contributed by atoms with Gasteiger partial charge < -0.3 is 19.7 Å². The molecule has 2 amide bonds. The minimum Gasteiger partial charge on any atom is -0.469 e. The molecule has 1 aliphatic heterocycles. The van der Waals surface area contributed by atoms with Crippen LogP contribution in [0.25, 0.3) is 0 Å². The lowest BCUT2D eigenvalue weighted by Crippen LogP contribution is -2.42. The number of carbonyl (C=O) groups is 4. The Kier molecular flexibility index (Phi) is 8.25. The molecule has 152 valence electrons. The summed E-state index contributed by atoms with van der Waals surface area (Å²) in [7, 11) is 1.34. The minimum atomic E-state index is -0.575. The van der Waals surface area contributed by atoms with Crippen molar-refractivity contribution in [3.8, 4) is 0 Å². The summed E-state index contributed by atoms with van der Waals surface area (Å²) in [6, 6.07) is 6.37. The molecule has 8 nitrogen and oxygen atoms in total. The van der Waals surface area contributed by atoms with Gasteiger partial charge in [0.25, 0.3) is 11.8 Å². The molecule has 0 radical (unpaired) electrons. The maximum atomic E-state index is 12.1. The van der Waals surface area contributed by atoms with E-state index in [2.05, 4.69) is 5.32 Å². The number of likely N-dealkylation sites (tertiary alicyclic amines) is 1. The predicted octanol–water partition coefficient (Wildman–Crippen LogP) is 1.41. The zero-order chi connectivity index (χ0) is 20.5. The highest BCUT2D eigenvalue weighted by Gasteiger charge is 2.28. The molecule has 0 bridgehead atoms. The van der Waals surface area contributed by atoms with Crippen molar-refractivity contribution in [2.45, 2.75) is 19.3 Å². The normalized spacial score (nSPS) is 14.3. The lowest BCUT2D eigenvalue weighted by molar-refractivity contribution is -0.154. The quantitative estimate of drug-likeness (QED) is 0.682. The van der Waals surface area contributed by atoms with E-state index in [-0.39, 0.29) is 43.3 Å². The molecule has 0 aliphatic carbocycles. The molecule has 1 heterocycles. The van der Waals surface area contributed by atoms with Gasteiger partial charge in [-0.3, -0.25) is 19.2 Å². The van der Waals surface area contributed by atoms with E-state index in [9.17, 15) is 19.2 Å². The molecule has 0 aromatic heterocycles. The Morgan fingerprint density at radius 1 is 1.14 bits per heavy atom. The number of rotatable bonds is 7. The molecule has 0 atom stereocenters. The molecule has 1 fully saturated rings. The number of halogens is 1. The summed E-state index contributed by atoms with van der Waals surface area (Å²) in [6.07, 6.45) is 1.02. The van der Waals surface area contributed by atoms with Crippen molar-refractivity contribution in [1.29, 1.82) is 0 Å². The number of hydrogen-bond acceptors (Lipinski definition) is 6. The zero-order valence-electron chi connectivity index (χ0n) is 15.6. The van der Waals surface area contributed by atoms with Crippen molar-refractivity contribution in [2.24, 2.45) is 5.92 Å². The number of carbonyl (C=O) groups excluding carboxylic acids is 4. The van der Waals surface area contributed by atoms with Crippen LogP contribution in [0.3, 0.4) is 0 Å². The van der Waals surface area contributed by atoms with Crippen molar-refractivity contribution in [3.05, 3.63) is 34.9 Å². The van der Waals surface area contributed by atoms with E-state index in [0.717, 1.165) is 0 Å². The van der Waals surface area contributed by atoms with Crippen LogP contribution in [0.5, 0.6) is 0 Å². The van der Waals surface area contributed by atoms with E-state index in [0.29, 0.717) is 36.5 Å². The number of ether oxygens (including phenoxy) is 2. The molecular weight excluding hydrogens is 388 g/mol. The van der Waals surface area contributed by atoms with Crippen molar-refractivity contribution in [3.63, 3.8) is 0 Å². The Morgan fingerprint density at radius 3 is 2.39 bits per heavy atom. The fourth-order valence-corrected chi connectivity index (χ4v) is 2.94. The van der Waals surface area contributed by atoms with E-state index >= 15 is 0 Å². The van der Waals surface area contributed by atoms with Crippen LogP contribution in [0.15, 0.2) is 24.3 Å². The fraction of sp³-hybridized carbons (Fsp3) is 0.474. The first-order valence-corrected chi connectivity index (χ1v) is 9.33. The average Bonchev–Trinajstić information content (AvgIpc) is 2.72. The Hall–Kier alpha value is -2.61. The molecule has 0 saturated carbocycles. The van der Waals surface area contributed by atoms with Crippen LogP contribution in [0.2, 0.25) is 5.02 Å². The van der Waals surface area contributed by atoms with Gasteiger partial charge in [-0.15, -0.1) is 0 Å². The first-order chi connectivity index (χ1) is 13.4. The third-order valence-corrected chi connectivity index (χ3v) is 4.71. The Balaban J connectivity index is 1.63. The molecule has 1 aromatic rings. The van der Waals surface area contributed by atoms with Gasteiger partial charge in [-0.2, -0.15) is 0 Å². The standard InChI is InChI=1S/C19H23ClN2O6/c1-27-19(26)14-7-10-22(11-8-14)16(23)12-28-17(24)6-9-21-18(25)13-2-4-15(20)5-3-13/h2-5,14H,6-12H2,1H3,(H,21,25). The molecular formula is C19H23ClN2O6. The number of esters is 2. The van der Waals surface area contributed by atoms with Crippen LogP contribution >= 0.6 is 11.6 Å². The summed E-state index contributed by atoms with van der Waals surface area (Å²) in [6.45, 7) is 0.590. The predicted molar refractivity (Wildman–Crippen MR) is 101 cm³/mol. The molecule has 1 aliphatic rings. The first kappa shape index (κ1) is 21.7. The van der Waals surface area contributed by atoms with Crippen LogP contribution in [-0.4, -0.2) is 62.0 Å². The molecule has 1 N–H and O–H groups in total. The van der Waals surface area contributed by atoms with Crippen molar-refractivity contribution < 1.29 is 28.7 Å². The smallest absolute Gasteiger partial charge is 0.308 e. The Labute approximate surface area is 168 Å². The zero-order valence-corrected chi connectivity index (χ0v) is 16.4. The summed E-state index contributed by atoms with van der Waals surface area (Å²) in [4.78, 5) is 48.8. The van der Waals surface area contributed by atoms with Crippen LogP contribution in [-0.2, 0) is 23.9 Å². The van der Waals surface area contributed by atoms with Gasteiger partial charge in [0.2, 0.25) is 0 Å². The maximum absolute atomic E-state index is 12.1. The van der Waals surface area contributed by atoms with E-state index in [4.69, 9.17) is 21.1 Å². The van der Waals surface area contributed by atoms with Crippen molar-refractivity contribution >= 4 is 35.4 Å². The average molecular weight is 411 g/mol. The number of hydrogen-bond donors (Lipinski definition) is 1. The van der Waals surface area contributed by atoms with Crippen molar-refractivity contribution in [2.75, 3.05) is 33.4 Å². The Morgan fingerprint density at radius 2 is 1.79 bits per heavy atom. The van der Waals surface area contributed by atoms with Gasteiger partial charge in [0.05, 0.1) is 19.4 Å². The summed E-state index contributed by atoms with van der Waals surface area (Å²) in [5.74, 6) is -1.66. The highest BCUT2D eigenvalue weighted by molar-refractivity contribution is 6.30. The molecule has 2 rings (SSSR count). The lowest BCUT2D eigenvalue weighted by atomic mass is 9.97. The number of amides is 2. The molecule has 1 saturated heterocycles. The van der Waals surface area contributed by atoms with E-state index in [1.807, 2.05) is 0 Å². The van der Waals surface area contributed by atoms with Gasteiger partial charge in [0.1, 0.15) is 0 Å². The highest BCUT2D eigenvalue weighted by Crippen LogP contribution is 2.18. The molecule has 28 heavy (non-hydrogen) atoms. The van der Waals surface area contributed by atoms with Crippen LogP contribution < -0.4 is 5.32 Å². The second-order valence-electron chi connectivity index (χ2n) is 6.35. The summed E-state index contributed by atoms with van der Waals surface area (Å²) < 4.78 is 9.67. The third kappa shape index (κ3) is 6.53. The summed E-state index contributed by atoms with van der Waals surface area (Å²) in [5.41, 5.74) is 0.434. The van der Waals surface area contributed by atoms with Gasteiger partial charge in [0, 0.05) is 30.2 Å². The number of nitrogens with one attached hydrogen (secondary N) is 1. The second-order valence-corrected chi connectivity index (χ2v) is 6.79. The topological polar surface area (TPSA) is 102 Å². The van der Waals surface area contributed by atoms with Gasteiger partial charge in [0.15, 0.2) is 6.61 Å². The van der Waals surface area contributed by atoms with Crippen LogP contribution in [0.4, 0.5) is 0 Å². The summed E-state index contributed by atoms with van der Waals surface area (Å²) >= 11 is 5.76.